The lowest BCUT2D eigenvalue weighted by Gasteiger charge is -2.09. The quantitative estimate of drug-likeness (QED) is 0.564. The maximum absolute atomic E-state index is 12.6. The molecule has 28 heavy (non-hydrogen) atoms. The number of amides is 1. The smallest absolute Gasteiger partial charge is 0.295 e. The molecule has 1 N–H and O–H groups in total. The van der Waals surface area contributed by atoms with Crippen LogP contribution in [0.4, 0.5) is 5.13 Å². The van der Waals surface area contributed by atoms with E-state index in [0.29, 0.717) is 5.13 Å². The van der Waals surface area contributed by atoms with E-state index in [1.54, 1.807) is 6.07 Å². The number of thiazole rings is 1. The summed E-state index contributed by atoms with van der Waals surface area (Å²) in [5.41, 5.74) is 2.28. The lowest BCUT2D eigenvalue weighted by atomic mass is 10.2. The van der Waals surface area contributed by atoms with Crippen LogP contribution in [0.5, 0.6) is 0 Å². The van der Waals surface area contributed by atoms with Gasteiger partial charge in [0.15, 0.2) is 5.13 Å². The molecule has 0 aliphatic rings. The number of para-hydroxylation sites is 1. The molecule has 2 aromatic heterocycles. The highest BCUT2D eigenvalue weighted by atomic mass is 32.1. The van der Waals surface area contributed by atoms with Crippen LogP contribution in [0.15, 0.2) is 71.7 Å². The Balaban J connectivity index is 1.54. The van der Waals surface area contributed by atoms with Crippen molar-refractivity contribution in [2.75, 3.05) is 5.32 Å². The predicted octanol–water partition coefficient (Wildman–Crippen LogP) is 3.65. The van der Waals surface area contributed by atoms with Crippen molar-refractivity contribution >= 4 is 32.6 Å². The maximum atomic E-state index is 12.6. The zero-order valence-electron chi connectivity index (χ0n) is 15.1. The molecular weight excluding hydrogens is 374 g/mol. The molecule has 4 aromatic rings. The minimum atomic E-state index is -0.520. The molecule has 0 aliphatic heterocycles. The molecule has 6 nitrogen and oxygen atoms in total. The number of benzene rings is 2. The summed E-state index contributed by atoms with van der Waals surface area (Å²) >= 11 is 1.37. The van der Waals surface area contributed by atoms with Crippen LogP contribution in [0, 0.1) is 6.92 Å². The number of hydrogen-bond donors (Lipinski definition) is 1. The minimum Gasteiger partial charge on any atom is -0.406 e. The zero-order valence-corrected chi connectivity index (χ0v) is 15.9. The van der Waals surface area contributed by atoms with E-state index in [1.807, 2.05) is 55.5 Å². The molecule has 0 saturated heterocycles. The molecule has 140 valence electrons. The first kappa shape index (κ1) is 17.9. The molecule has 0 aliphatic carbocycles. The van der Waals surface area contributed by atoms with Crippen molar-refractivity contribution < 1.29 is 9.63 Å². The van der Waals surface area contributed by atoms with Crippen molar-refractivity contribution in [1.82, 2.24) is 9.71 Å². The SMILES string of the molecule is Cc1cccc2sc(NC(=O)c3cccn(OCc4ccccc4)c3=O)nc12. The van der Waals surface area contributed by atoms with Gasteiger partial charge in [0.2, 0.25) is 0 Å². The number of rotatable bonds is 5. The fourth-order valence-corrected chi connectivity index (χ4v) is 3.71. The summed E-state index contributed by atoms with van der Waals surface area (Å²) in [4.78, 5) is 35.2. The Morgan fingerprint density at radius 3 is 2.71 bits per heavy atom. The third-order valence-electron chi connectivity index (χ3n) is 4.21. The van der Waals surface area contributed by atoms with E-state index in [-0.39, 0.29) is 12.2 Å². The number of aromatic nitrogens is 2. The number of aryl methyl sites for hydroxylation is 1. The van der Waals surface area contributed by atoms with Crippen molar-refractivity contribution in [2.24, 2.45) is 0 Å². The van der Waals surface area contributed by atoms with Gasteiger partial charge in [0.05, 0.1) is 10.2 Å². The van der Waals surface area contributed by atoms with Gasteiger partial charge < -0.3 is 4.84 Å². The van der Waals surface area contributed by atoms with Crippen LogP contribution in [-0.4, -0.2) is 15.6 Å². The summed E-state index contributed by atoms with van der Waals surface area (Å²) in [5, 5.41) is 3.17. The van der Waals surface area contributed by atoms with Crippen LogP contribution in [-0.2, 0) is 6.61 Å². The summed E-state index contributed by atoms with van der Waals surface area (Å²) in [7, 11) is 0. The van der Waals surface area contributed by atoms with Crippen LogP contribution in [0.25, 0.3) is 10.2 Å². The van der Waals surface area contributed by atoms with E-state index in [1.165, 1.54) is 23.6 Å². The molecule has 4 rings (SSSR count). The van der Waals surface area contributed by atoms with Crippen LogP contribution < -0.4 is 15.7 Å². The molecule has 1 amide bonds. The van der Waals surface area contributed by atoms with E-state index in [0.717, 1.165) is 26.1 Å². The number of carbonyl (C=O) groups excluding carboxylic acids is 1. The summed E-state index contributed by atoms with van der Waals surface area (Å²) in [5.74, 6) is -0.514. The second-order valence-electron chi connectivity index (χ2n) is 6.21. The van der Waals surface area contributed by atoms with E-state index in [9.17, 15) is 9.59 Å². The molecule has 0 radical (unpaired) electrons. The average molecular weight is 391 g/mol. The van der Waals surface area contributed by atoms with Gasteiger partial charge in [0, 0.05) is 6.20 Å². The largest absolute Gasteiger partial charge is 0.406 e. The van der Waals surface area contributed by atoms with Crippen molar-refractivity contribution in [3.63, 3.8) is 0 Å². The van der Waals surface area contributed by atoms with Crippen molar-refractivity contribution in [3.8, 4) is 0 Å². The molecule has 0 spiro atoms. The van der Waals surface area contributed by atoms with Gasteiger partial charge in [-0.2, -0.15) is 4.73 Å². The summed E-state index contributed by atoms with van der Waals surface area (Å²) < 4.78 is 2.05. The van der Waals surface area contributed by atoms with Gasteiger partial charge >= 0.3 is 0 Å². The number of fused-ring (bicyclic) bond motifs is 1. The number of pyridine rings is 1. The number of nitrogens with zero attached hydrogens (tertiary/aromatic N) is 2. The van der Waals surface area contributed by atoms with Crippen LogP contribution >= 0.6 is 11.3 Å². The first-order valence-corrected chi connectivity index (χ1v) is 9.50. The topological polar surface area (TPSA) is 73.2 Å². The second kappa shape index (κ2) is 7.66. The Kier molecular flexibility index (Phi) is 4.90. The number of anilines is 1. The van der Waals surface area contributed by atoms with Gasteiger partial charge in [0.1, 0.15) is 12.2 Å². The number of nitrogens with one attached hydrogen (secondary N) is 1. The van der Waals surface area contributed by atoms with Gasteiger partial charge in [-0.15, -0.1) is 0 Å². The zero-order chi connectivity index (χ0) is 19.5. The third-order valence-corrected chi connectivity index (χ3v) is 5.15. The maximum Gasteiger partial charge on any atom is 0.295 e. The highest BCUT2D eigenvalue weighted by Crippen LogP contribution is 2.27. The number of hydrogen-bond acceptors (Lipinski definition) is 5. The summed E-state index contributed by atoms with van der Waals surface area (Å²) in [6, 6.07) is 18.4. The molecule has 2 aromatic carbocycles. The molecule has 0 unspecified atom stereocenters. The van der Waals surface area contributed by atoms with Crippen molar-refractivity contribution in [3.05, 3.63) is 93.9 Å². The Bertz CT molecular complexity index is 1200. The normalized spacial score (nSPS) is 10.8. The predicted molar refractivity (Wildman–Crippen MR) is 110 cm³/mol. The molecule has 0 bridgehead atoms. The molecular formula is C21H17N3O3S. The van der Waals surface area contributed by atoms with E-state index < -0.39 is 11.5 Å². The lowest BCUT2D eigenvalue weighted by molar-refractivity contribution is 0.0863. The second-order valence-corrected chi connectivity index (χ2v) is 7.24. The fourth-order valence-electron chi connectivity index (χ4n) is 2.77. The van der Waals surface area contributed by atoms with E-state index in [4.69, 9.17) is 4.84 Å². The third kappa shape index (κ3) is 3.65. The van der Waals surface area contributed by atoms with E-state index in [2.05, 4.69) is 10.3 Å². The van der Waals surface area contributed by atoms with Gasteiger partial charge in [-0.3, -0.25) is 14.9 Å². The van der Waals surface area contributed by atoms with Crippen molar-refractivity contribution in [2.45, 2.75) is 13.5 Å². The number of carbonyl (C=O) groups is 1. The molecule has 0 fully saturated rings. The van der Waals surface area contributed by atoms with Gasteiger partial charge in [-0.05, 0) is 36.2 Å². The molecule has 0 saturated carbocycles. The standard InChI is InChI=1S/C21H17N3O3S/c1-14-7-5-11-17-18(14)22-21(28-17)23-19(25)16-10-6-12-24(20(16)26)27-13-15-8-3-2-4-9-15/h2-12H,13H2,1H3,(H,22,23,25). The lowest BCUT2D eigenvalue weighted by Crippen LogP contribution is -2.32. The van der Waals surface area contributed by atoms with Crippen molar-refractivity contribution in [1.29, 1.82) is 0 Å². The summed E-state index contributed by atoms with van der Waals surface area (Å²) in [6.45, 7) is 2.19. The molecule has 0 atom stereocenters. The Morgan fingerprint density at radius 1 is 1.11 bits per heavy atom. The highest BCUT2D eigenvalue weighted by Gasteiger charge is 2.15. The first-order chi connectivity index (χ1) is 13.6. The Morgan fingerprint density at radius 2 is 1.93 bits per heavy atom. The molecule has 2 heterocycles. The van der Waals surface area contributed by atoms with Gasteiger partial charge in [-0.1, -0.05) is 53.8 Å². The fraction of sp³-hybridized carbons (Fsp3) is 0.0952. The van der Waals surface area contributed by atoms with Crippen LogP contribution in [0.2, 0.25) is 0 Å². The Hall–Kier alpha value is -3.45. The minimum absolute atomic E-state index is 0.00783. The Labute approximate surface area is 165 Å². The average Bonchev–Trinajstić information content (AvgIpc) is 3.12. The van der Waals surface area contributed by atoms with Crippen LogP contribution in [0.1, 0.15) is 21.5 Å². The van der Waals surface area contributed by atoms with E-state index >= 15 is 0 Å². The van der Waals surface area contributed by atoms with Crippen LogP contribution in [0.3, 0.4) is 0 Å². The highest BCUT2D eigenvalue weighted by molar-refractivity contribution is 7.22. The monoisotopic (exact) mass is 391 g/mol. The molecule has 7 heteroatoms. The first-order valence-electron chi connectivity index (χ1n) is 8.68. The summed E-state index contributed by atoms with van der Waals surface area (Å²) in [6.07, 6.45) is 1.49. The van der Waals surface area contributed by atoms with Gasteiger partial charge in [0.25, 0.3) is 11.5 Å². The van der Waals surface area contributed by atoms with Gasteiger partial charge in [-0.25, -0.2) is 4.98 Å².